The van der Waals surface area contributed by atoms with Crippen molar-refractivity contribution in [3.8, 4) is 0 Å². The number of piperidine rings is 1. The second-order valence-corrected chi connectivity index (χ2v) is 5.97. The number of halogens is 1. The molecule has 0 atom stereocenters. The zero-order chi connectivity index (χ0) is 9.19. The van der Waals surface area contributed by atoms with Crippen LogP contribution in [0.1, 0.15) is 19.8 Å². The highest BCUT2D eigenvalue weighted by atomic mass is 127. The highest BCUT2D eigenvalue weighted by Gasteiger charge is 2.29. The fourth-order valence-corrected chi connectivity index (χ4v) is 1.77. The van der Waals surface area contributed by atoms with Crippen molar-refractivity contribution in [2.24, 2.45) is 0 Å². The molecule has 0 spiro atoms. The lowest BCUT2D eigenvalue weighted by Gasteiger charge is -2.34. The van der Waals surface area contributed by atoms with Gasteiger partial charge in [-0.2, -0.15) is 0 Å². The predicted molar refractivity (Wildman–Crippen MR) is 55.6 cm³/mol. The number of amides is 1. The lowest BCUT2D eigenvalue weighted by atomic mass is 9.99. The maximum Gasteiger partial charge on any atom is 0.409 e. The molecule has 70 valence electrons. The lowest BCUT2D eigenvalue weighted by Crippen LogP contribution is -2.42. The van der Waals surface area contributed by atoms with E-state index in [1.165, 1.54) is 7.11 Å². The molecule has 0 aromatic carbocycles. The quantitative estimate of drug-likeness (QED) is 0.503. The van der Waals surface area contributed by atoms with Crippen LogP contribution in [0.4, 0.5) is 4.79 Å². The van der Waals surface area contributed by atoms with Gasteiger partial charge in [-0.25, -0.2) is 4.79 Å². The van der Waals surface area contributed by atoms with E-state index in [0.29, 0.717) is 3.42 Å². The van der Waals surface area contributed by atoms with Crippen LogP contribution in [-0.2, 0) is 4.74 Å². The molecule has 1 saturated heterocycles. The van der Waals surface area contributed by atoms with Crippen molar-refractivity contribution in [2.45, 2.75) is 23.2 Å². The van der Waals surface area contributed by atoms with Crippen molar-refractivity contribution in [1.29, 1.82) is 0 Å². The van der Waals surface area contributed by atoms with Gasteiger partial charge in [0.25, 0.3) is 0 Å². The lowest BCUT2D eigenvalue weighted by molar-refractivity contribution is 0.112. The second kappa shape index (κ2) is 3.81. The van der Waals surface area contributed by atoms with E-state index < -0.39 is 0 Å². The summed E-state index contributed by atoms with van der Waals surface area (Å²) in [5.41, 5.74) is 0. The van der Waals surface area contributed by atoms with Crippen molar-refractivity contribution in [3.05, 3.63) is 0 Å². The molecule has 0 aromatic heterocycles. The number of carbonyl (C=O) groups is 1. The summed E-state index contributed by atoms with van der Waals surface area (Å²) >= 11 is 2.46. The van der Waals surface area contributed by atoms with Gasteiger partial charge < -0.3 is 9.64 Å². The molecule has 0 N–H and O–H groups in total. The Kier molecular flexibility index (Phi) is 3.20. The van der Waals surface area contributed by atoms with Gasteiger partial charge in [0.05, 0.1) is 7.11 Å². The Hall–Kier alpha value is 0. The minimum atomic E-state index is -0.193. The molecule has 12 heavy (non-hydrogen) atoms. The van der Waals surface area contributed by atoms with Crippen LogP contribution in [0.5, 0.6) is 0 Å². The third-order valence-corrected chi connectivity index (χ3v) is 3.32. The molecular formula is C8H14INO2. The summed E-state index contributed by atoms with van der Waals surface area (Å²) < 4.78 is 5.01. The van der Waals surface area contributed by atoms with E-state index in [-0.39, 0.29) is 6.09 Å². The molecule has 1 amide bonds. The highest BCUT2D eigenvalue weighted by Crippen LogP contribution is 2.30. The van der Waals surface area contributed by atoms with Gasteiger partial charge >= 0.3 is 6.09 Å². The molecule has 1 aliphatic rings. The van der Waals surface area contributed by atoms with Crippen molar-refractivity contribution < 1.29 is 9.53 Å². The van der Waals surface area contributed by atoms with Crippen LogP contribution in [-0.4, -0.2) is 34.6 Å². The summed E-state index contributed by atoms with van der Waals surface area (Å²) in [5.74, 6) is 0. The van der Waals surface area contributed by atoms with Crippen LogP contribution >= 0.6 is 22.6 Å². The minimum absolute atomic E-state index is 0.193. The normalized spacial score (nSPS) is 22.1. The molecule has 3 nitrogen and oxygen atoms in total. The minimum Gasteiger partial charge on any atom is -0.453 e. The first-order valence-electron chi connectivity index (χ1n) is 4.07. The molecule has 0 saturated carbocycles. The molecule has 0 bridgehead atoms. The average Bonchev–Trinajstić information content (AvgIpc) is 2.03. The number of alkyl halides is 1. The van der Waals surface area contributed by atoms with E-state index in [1.54, 1.807) is 4.90 Å². The first-order chi connectivity index (χ1) is 5.55. The SMILES string of the molecule is COC(=O)N1CCC(C)(I)CC1. The van der Waals surface area contributed by atoms with Gasteiger partial charge in [-0.05, 0) is 12.8 Å². The fraction of sp³-hybridized carbons (Fsp3) is 0.875. The summed E-state index contributed by atoms with van der Waals surface area (Å²) in [5, 5.41) is 0. The Morgan fingerprint density at radius 1 is 1.50 bits per heavy atom. The first-order valence-corrected chi connectivity index (χ1v) is 5.15. The Morgan fingerprint density at radius 2 is 2.00 bits per heavy atom. The molecule has 0 radical (unpaired) electrons. The van der Waals surface area contributed by atoms with E-state index in [4.69, 9.17) is 0 Å². The molecule has 0 aliphatic carbocycles. The predicted octanol–water partition coefficient (Wildman–Crippen LogP) is 2.04. The van der Waals surface area contributed by atoms with Crippen molar-refractivity contribution >= 4 is 28.7 Å². The van der Waals surface area contributed by atoms with Gasteiger partial charge in [-0.3, -0.25) is 0 Å². The number of ether oxygens (including phenoxy) is 1. The Labute approximate surface area is 86.6 Å². The summed E-state index contributed by atoms with van der Waals surface area (Å²) in [4.78, 5) is 12.8. The zero-order valence-electron chi connectivity index (χ0n) is 7.47. The molecule has 1 heterocycles. The number of rotatable bonds is 0. The number of methoxy groups -OCH3 is 1. The van der Waals surface area contributed by atoms with Gasteiger partial charge in [0.2, 0.25) is 0 Å². The zero-order valence-corrected chi connectivity index (χ0v) is 9.63. The number of carbonyl (C=O) groups excluding carboxylic acids is 1. The largest absolute Gasteiger partial charge is 0.453 e. The van der Waals surface area contributed by atoms with Crippen molar-refractivity contribution in [3.63, 3.8) is 0 Å². The van der Waals surface area contributed by atoms with Crippen LogP contribution in [0.2, 0.25) is 0 Å². The molecule has 1 rings (SSSR count). The van der Waals surface area contributed by atoms with Gasteiger partial charge in [-0.1, -0.05) is 29.5 Å². The monoisotopic (exact) mass is 283 g/mol. The van der Waals surface area contributed by atoms with Crippen LogP contribution in [0, 0.1) is 0 Å². The Morgan fingerprint density at radius 3 is 2.42 bits per heavy atom. The molecule has 1 aliphatic heterocycles. The number of likely N-dealkylation sites (tertiary alicyclic amines) is 1. The van der Waals surface area contributed by atoms with E-state index in [1.807, 2.05) is 0 Å². The Balaban J connectivity index is 2.41. The molecule has 0 unspecified atom stereocenters. The van der Waals surface area contributed by atoms with Crippen LogP contribution in [0.3, 0.4) is 0 Å². The van der Waals surface area contributed by atoms with Crippen LogP contribution in [0.15, 0.2) is 0 Å². The van der Waals surface area contributed by atoms with E-state index in [9.17, 15) is 4.79 Å². The maximum absolute atomic E-state index is 11.1. The van der Waals surface area contributed by atoms with Gasteiger partial charge in [0.1, 0.15) is 0 Å². The van der Waals surface area contributed by atoms with Gasteiger partial charge in [-0.15, -0.1) is 0 Å². The number of nitrogens with zero attached hydrogens (tertiary/aromatic N) is 1. The second-order valence-electron chi connectivity index (χ2n) is 3.37. The molecular weight excluding hydrogens is 269 g/mol. The number of hydrogen-bond donors (Lipinski definition) is 0. The van der Waals surface area contributed by atoms with Crippen molar-refractivity contribution in [1.82, 2.24) is 4.90 Å². The van der Waals surface area contributed by atoms with Crippen LogP contribution in [0.25, 0.3) is 0 Å². The highest BCUT2D eigenvalue weighted by molar-refractivity contribution is 14.1. The maximum atomic E-state index is 11.1. The third kappa shape index (κ3) is 2.50. The smallest absolute Gasteiger partial charge is 0.409 e. The van der Waals surface area contributed by atoms with Gasteiger partial charge in [0.15, 0.2) is 0 Å². The Bertz CT molecular complexity index is 172. The first kappa shape index (κ1) is 10.1. The average molecular weight is 283 g/mol. The van der Waals surface area contributed by atoms with E-state index in [2.05, 4.69) is 34.3 Å². The van der Waals surface area contributed by atoms with Crippen LogP contribution < -0.4 is 0 Å². The van der Waals surface area contributed by atoms with E-state index >= 15 is 0 Å². The van der Waals surface area contributed by atoms with E-state index in [0.717, 1.165) is 25.9 Å². The summed E-state index contributed by atoms with van der Waals surface area (Å²) in [6, 6.07) is 0. The van der Waals surface area contributed by atoms with Gasteiger partial charge in [0, 0.05) is 16.5 Å². The third-order valence-electron chi connectivity index (χ3n) is 2.24. The summed E-state index contributed by atoms with van der Waals surface area (Å²) in [6.07, 6.45) is 1.92. The molecule has 4 heteroatoms. The fourth-order valence-electron chi connectivity index (χ4n) is 1.28. The number of hydrogen-bond acceptors (Lipinski definition) is 2. The summed E-state index contributed by atoms with van der Waals surface area (Å²) in [7, 11) is 1.43. The summed E-state index contributed by atoms with van der Waals surface area (Å²) in [6.45, 7) is 3.88. The molecule has 0 aromatic rings. The topological polar surface area (TPSA) is 29.5 Å². The molecule has 1 fully saturated rings. The van der Waals surface area contributed by atoms with Crippen molar-refractivity contribution in [2.75, 3.05) is 20.2 Å². The standard InChI is InChI=1S/C8H14INO2/c1-8(9)3-5-10(6-4-8)7(11)12-2/h3-6H2,1-2H3.